The number of carbonyl (C=O) groups is 1. The Morgan fingerprint density at radius 3 is 2.62 bits per heavy atom. The second kappa shape index (κ2) is 6.33. The third-order valence-electron chi connectivity index (χ3n) is 3.01. The maximum Gasteiger partial charge on any atom is 0.273 e. The van der Waals surface area contributed by atoms with Crippen LogP contribution in [0.25, 0.3) is 6.08 Å². The van der Waals surface area contributed by atoms with Gasteiger partial charge in [0.1, 0.15) is 0 Å². The molecule has 0 amide bonds. The van der Waals surface area contributed by atoms with Gasteiger partial charge in [-0.05, 0) is 30.7 Å². The van der Waals surface area contributed by atoms with Crippen molar-refractivity contribution in [2.75, 3.05) is 0 Å². The van der Waals surface area contributed by atoms with Gasteiger partial charge in [-0.3, -0.25) is 14.9 Å². The Bertz CT molecular complexity index is 738. The summed E-state index contributed by atoms with van der Waals surface area (Å²) in [6.45, 7) is 1.63. The smallest absolute Gasteiger partial charge is 0.273 e. The van der Waals surface area contributed by atoms with E-state index in [-0.39, 0.29) is 17.0 Å². The lowest BCUT2D eigenvalue weighted by atomic mass is 10.1. The van der Waals surface area contributed by atoms with Crippen LogP contribution in [0.1, 0.15) is 21.5 Å². The summed E-state index contributed by atoms with van der Waals surface area (Å²) in [7, 11) is 0. The molecule has 0 aliphatic carbocycles. The normalized spacial score (nSPS) is 10.8. The summed E-state index contributed by atoms with van der Waals surface area (Å²) in [6, 6.07) is 11.5. The number of allylic oxidation sites excluding steroid dienone is 1. The minimum atomic E-state index is -0.496. The highest BCUT2D eigenvalue weighted by Gasteiger charge is 2.13. The molecule has 4 nitrogen and oxygen atoms in total. The van der Waals surface area contributed by atoms with E-state index in [2.05, 4.69) is 0 Å². The van der Waals surface area contributed by atoms with Gasteiger partial charge in [-0.15, -0.1) is 0 Å². The summed E-state index contributed by atoms with van der Waals surface area (Å²) in [6.07, 6.45) is 2.95. The van der Waals surface area contributed by atoms with Crippen molar-refractivity contribution in [1.82, 2.24) is 0 Å². The van der Waals surface area contributed by atoms with Crippen LogP contribution in [-0.2, 0) is 0 Å². The molecule has 0 saturated carbocycles. The number of benzene rings is 2. The zero-order chi connectivity index (χ0) is 15.4. The Balaban J connectivity index is 2.27. The molecule has 0 spiro atoms. The molecule has 2 aromatic rings. The van der Waals surface area contributed by atoms with Gasteiger partial charge >= 0.3 is 0 Å². The second-order valence-corrected chi connectivity index (χ2v) is 4.88. The van der Waals surface area contributed by atoms with Gasteiger partial charge in [0.15, 0.2) is 5.78 Å². The number of nitrogens with zero attached hydrogens (tertiary/aromatic N) is 1. The van der Waals surface area contributed by atoms with Gasteiger partial charge in [0.05, 0.1) is 4.92 Å². The first-order valence-electron chi connectivity index (χ1n) is 6.21. The Kier molecular flexibility index (Phi) is 4.50. The summed E-state index contributed by atoms with van der Waals surface area (Å²) in [5.74, 6) is -0.307. The highest BCUT2D eigenvalue weighted by atomic mass is 35.5. The van der Waals surface area contributed by atoms with Gasteiger partial charge in [-0.2, -0.15) is 0 Å². The molecule has 5 heteroatoms. The zero-order valence-corrected chi connectivity index (χ0v) is 12.0. The molecule has 0 bridgehead atoms. The summed E-state index contributed by atoms with van der Waals surface area (Å²) in [4.78, 5) is 22.4. The minimum Gasteiger partial charge on any atom is -0.289 e. The largest absolute Gasteiger partial charge is 0.289 e. The van der Waals surface area contributed by atoms with Gasteiger partial charge in [-0.1, -0.05) is 41.9 Å². The molecule has 0 unspecified atom stereocenters. The lowest BCUT2D eigenvalue weighted by Crippen LogP contribution is -1.98. The van der Waals surface area contributed by atoms with E-state index in [9.17, 15) is 14.9 Å². The molecule has 0 N–H and O–H groups in total. The molecule has 2 rings (SSSR count). The van der Waals surface area contributed by atoms with E-state index in [4.69, 9.17) is 11.6 Å². The number of rotatable bonds is 4. The van der Waals surface area contributed by atoms with Gasteiger partial charge in [0, 0.05) is 22.2 Å². The Morgan fingerprint density at radius 1 is 1.24 bits per heavy atom. The fourth-order valence-electron chi connectivity index (χ4n) is 1.83. The monoisotopic (exact) mass is 301 g/mol. The summed E-state index contributed by atoms with van der Waals surface area (Å²) < 4.78 is 0. The first-order chi connectivity index (χ1) is 9.99. The molecule has 2 aromatic carbocycles. The zero-order valence-electron chi connectivity index (χ0n) is 11.2. The van der Waals surface area contributed by atoms with E-state index in [1.165, 1.54) is 12.1 Å². The molecule has 0 aromatic heterocycles. The molecule has 0 atom stereocenters. The van der Waals surface area contributed by atoms with Crippen LogP contribution in [-0.4, -0.2) is 10.7 Å². The van der Waals surface area contributed by atoms with Crippen molar-refractivity contribution in [3.05, 3.63) is 80.4 Å². The number of hydrogen-bond acceptors (Lipinski definition) is 3. The maximum atomic E-state index is 12.1. The summed E-state index contributed by atoms with van der Waals surface area (Å²) in [5, 5.41) is 11.4. The summed E-state index contributed by atoms with van der Waals surface area (Å²) in [5.41, 5.74) is 1.45. The SMILES string of the molecule is Cc1ccc(C(=O)C=Cc2ccccc2Cl)cc1[N+](=O)[O-]. The minimum absolute atomic E-state index is 0.0630. The number of aryl methyl sites for hydroxylation is 1. The summed E-state index contributed by atoms with van der Waals surface area (Å²) >= 11 is 5.99. The van der Waals surface area contributed by atoms with Crippen LogP contribution < -0.4 is 0 Å². The number of nitro groups is 1. The van der Waals surface area contributed by atoms with E-state index in [1.807, 2.05) is 6.07 Å². The third-order valence-corrected chi connectivity index (χ3v) is 3.35. The fourth-order valence-corrected chi connectivity index (χ4v) is 2.03. The highest BCUT2D eigenvalue weighted by Crippen LogP contribution is 2.21. The molecule has 0 fully saturated rings. The van der Waals surface area contributed by atoms with Crippen LogP contribution in [0.5, 0.6) is 0 Å². The lowest BCUT2D eigenvalue weighted by molar-refractivity contribution is -0.385. The van der Waals surface area contributed by atoms with Crippen molar-refractivity contribution in [1.29, 1.82) is 0 Å². The van der Waals surface area contributed by atoms with Crippen molar-refractivity contribution < 1.29 is 9.72 Å². The predicted molar refractivity (Wildman–Crippen MR) is 82.6 cm³/mol. The fraction of sp³-hybridized carbons (Fsp3) is 0.0625. The van der Waals surface area contributed by atoms with Crippen molar-refractivity contribution >= 4 is 29.1 Å². The van der Waals surface area contributed by atoms with Crippen molar-refractivity contribution in [2.24, 2.45) is 0 Å². The third kappa shape index (κ3) is 3.55. The topological polar surface area (TPSA) is 60.2 Å². The number of halogens is 1. The van der Waals surface area contributed by atoms with Gasteiger partial charge in [0.25, 0.3) is 5.69 Å². The van der Waals surface area contributed by atoms with Crippen LogP contribution in [0, 0.1) is 17.0 Å². The predicted octanol–water partition coefficient (Wildman–Crippen LogP) is 4.45. The molecule has 0 aliphatic heterocycles. The number of ketones is 1. The van der Waals surface area contributed by atoms with E-state index < -0.39 is 4.92 Å². The van der Waals surface area contributed by atoms with Crippen LogP contribution in [0.15, 0.2) is 48.5 Å². The first-order valence-corrected chi connectivity index (χ1v) is 6.59. The number of nitro benzene ring substituents is 1. The van der Waals surface area contributed by atoms with E-state index in [1.54, 1.807) is 43.3 Å². The standard InChI is InChI=1S/C16H12ClNO3/c1-11-6-7-13(10-15(11)18(20)21)16(19)9-8-12-4-2-3-5-14(12)17/h2-10H,1H3. The van der Waals surface area contributed by atoms with Crippen LogP contribution in [0.3, 0.4) is 0 Å². The van der Waals surface area contributed by atoms with Crippen molar-refractivity contribution in [2.45, 2.75) is 6.92 Å². The molecular formula is C16H12ClNO3. The first kappa shape index (κ1) is 14.9. The van der Waals surface area contributed by atoms with E-state index >= 15 is 0 Å². The van der Waals surface area contributed by atoms with E-state index in [0.717, 1.165) is 0 Å². The number of hydrogen-bond donors (Lipinski definition) is 0. The van der Waals surface area contributed by atoms with Gasteiger partial charge in [0.2, 0.25) is 0 Å². The molecule has 106 valence electrons. The van der Waals surface area contributed by atoms with Crippen molar-refractivity contribution in [3.8, 4) is 0 Å². The average molecular weight is 302 g/mol. The maximum absolute atomic E-state index is 12.1. The molecule has 0 aliphatic rings. The Labute approximate surface area is 126 Å². The molecule has 0 radical (unpaired) electrons. The molecule has 21 heavy (non-hydrogen) atoms. The molecular weight excluding hydrogens is 290 g/mol. The van der Waals surface area contributed by atoms with Crippen molar-refractivity contribution in [3.63, 3.8) is 0 Å². The lowest BCUT2D eigenvalue weighted by Gasteiger charge is -2.00. The Morgan fingerprint density at radius 2 is 1.95 bits per heavy atom. The van der Waals surface area contributed by atoms with Gasteiger partial charge in [-0.25, -0.2) is 0 Å². The quantitative estimate of drug-likeness (QED) is 0.363. The average Bonchev–Trinajstić information content (AvgIpc) is 2.46. The molecule has 0 saturated heterocycles. The molecule has 0 heterocycles. The van der Waals surface area contributed by atoms with Gasteiger partial charge < -0.3 is 0 Å². The van der Waals surface area contributed by atoms with E-state index in [0.29, 0.717) is 16.1 Å². The van der Waals surface area contributed by atoms with Crippen LogP contribution in [0.2, 0.25) is 5.02 Å². The number of carbonyl (C=O) groups excluding carboxylic acids is 1. The second-order valence-electron chi connectivity index (χ2n) is 4.48. The highest BCUT2D eigenvalue weighted by molar-refractivity contribution is 6.32. The van der Waals surface area contributed by atoms with Crippen LogP contribution >= 0.6 is 11.6 Å². The Hall–Kier alpha value is -2.46. The van der Waals surface area contributed by atoms with Crippen LogP contribution in [0.4, 0.5) is 5.69 Å².